The third-order valence-electron chi connectivity index (χ3n) is 4.13. The lowest BCUT2D eigenvalue weighted by Gasteiger charge is -2.43. The molecule has 3 heterocycles. The number of hydrogen-bond acceptors (Lipinski definition) is 7. The van der Waals surface area contributed by atoms with Crippen LogP contribution in [0.4, 0.5) is 11.9 Å². The quantitative estimate of drug-likeness (QED) is 0.868. The van der Waals surface area contributed by atoms with Gasteiger partial charge in [-0.3, -0.25) is 4.90 Å². The fourth-order valence-electron chi connectivity index (χ4n) is 3.03. The van der Waals surface area contributed by atoms with Crippen LogP contribution in [0.15, 0.2) is 0 Å². The van der Waals surface area contributed by atoms with E-state index in [1.54, 1.807) is 14.2 Å². The molecule has 1 atom stereocenters. The molecule has 0 amide bonds. The Balaban J connectivity index is 1.78. The minimum Gasteiger partial charge on any atom is -0.467 e. The van der Waals surface area contributed by atoms with Crippen molar-refractivity contribution in [1.29, 1.82) is 0 Å². The molecule has 0 aromatic carbocycles. The number of anilines is 2. The van der Waals surface area contributed by atoms with Crippen LogP contribution in [0, 0.1) is 0 Å². The number of fused-ring (bicyclic) bond motifs is 1. The summed E-state index contributed by atoms with van der Waals surface area (Å²) < 4.78 is 5.16. The highest BCUT2D eigenvalue weighted by molar-refractivity contribution is 5.38. The average molecular weight is 278 g/mol. The van der Waals surface area contributed by atoms with E-state index in [2.05, 4.69) is 30.1 Å². The molecule has 0 bridgehead atoms. The van der Waals surface area contributed by atoms with Crippen LogP contribution in [0.3, 0.4) is 0 Å². The number of methoxy groups -OCH3 is 1. The van der Waals surface area contributed by atoms with Gasteiger partial charge in [0.25, 0.3) is 0 Å². The van der Waals surface area contributed by atoms with Gasteiger partial charge in [-0.1, -0.05) is 6.42 Å². The fraction of sp³-hybridized carbons (Fsp3) is 0.769. The number of nitrogens with one attached hydrogen (secondary N) is 1. The first-order valence-corrected chi connectivity index (χ1v) is 7.27. The molecule has 0 aliphatic carbocycles. The summed E-state index contributed by atoms with van der Waals surface area (Å²) >= 11 is 0. The van der Waals surface area contributed by atoms with Crippen molar-refractivity contribution in [3.8, 4) is 6.01 Å². The summed E-state index contributed by atoms with van der Waals surface area (Å²) in [7, 11) is 3.38. The number of nitrogens with zero attached hydrogens (tertiary/aromatic N) is 5. The predicted molar refractivity (Wildman–Crippen MR) is 77.4 cm³/mol. The van der Waals surface area contributed by atoms with Gasteiger partial charge in [-0.05, 0) is 19.4 Å². The van der Waals surface area contributed by atoms with Crippen molar-refractivity contribution in [2.75, 3.05) is 50.6 Å². The molecule has 20 heavy (non-hydrogen) atoms. The van der Waals surface area contributed by atoms with Gasteiger partial charge in [0, 0.05) is 32.7 Å². The minimum atomic E-state index is 0.366. The zero-order chi connectivity index (χ0) is 13.9. The van der Waals surface area contributed by atoms with Gasteiger partial charge in [0.05, 0.1) is 7.11 Å². The number of aromatic nitrogens is 3. The Morgan fingerprint density at radius 1 is 1.15 bits per heavy atom. The summed E-state index contributed by atoms with van der Waals surface area (Å²) in [4.78, 5) is 17.8. The van der Waals surface area contributed by atoms with Crippen molar-refractivity contribution in [3.63, 3.8) is 0 Å². The molecule has 1 aromatic rings. The molecule has 2 fully saturated rings. The van der Waals surface area contributed by atoms with Crippen LogP contribution < -0.4 is 15.0 Å². The van der Waals surface area contributed by atoms with Crippen molar-refractivity contribution in [1.82, 2.24) is 19.9 Å². The van der Waals surface area contributed by atoms with Crippen molar-refractivity contribution < 1.29 is 4.74 Å². The van der Waals surface area contributed by atoms with Gasteiger partial charge in [-0.15, -0.1) is 0 Å². The summed E-state index contributed by atoms with van der Waals surface area (Å²) in [5, 5.41) is 2.96. The van der Waals surface area contributed by atoms with Gasteiger partial charge >= 0.3 is 6.01 Å². The Labute approximate surface area is 119 Å². The normalized spacial score (nSPS) is 23.3. The molecule has 7 heteroatoms. The average Bonchev–Trinajstić information content (AvgIpc) is 2.53. The Kier molecular flexibility index (Phi) is 3.86. The second-order valence-electron chi connectivity index (χ2n) is 5.33. The summed E-state index contributed by atoms with van der Waals surface area (Å²) in [6, 6.07) is 1.00. The molecule has 2 aliphatic heterocycles. The first kappa shape index (κ1) is 13.4. The van der Waals surface area contributed by atoms with Crippen LogP contribution in [0.1, 0.15) is 19.3 Å². The Morgan fingerprint density at radius 2 is 2.05 bits per heavy atom. The fourth-order valence-corrected chi connectivity index (χ4v) is 3.03. The highest BCUT2D eigenvalue weighted by Crippen LogP contribution is 2.24. The molecule has 0 spiro atoms. The summed E-state index contributed by atoms with van der Waals surface area (Å²) in [5.74, 6) is 1.27. The second-order valence-corrected chi connectivity index (χ2v) is 5.33. The number of piperazine rings is 1. The van der Waals surface area contributed by atoms with E-state index in [4.69, 9.17) is 4.74 Å². The largest absolute Gasteiger partial charge is 0.467 e. The highest BCUT2D eigenvalue weighted by atomic mass is 16.5. The maximum Gasteiger partial charge on any atom is 0.322 e. The summed E-state index contributed by atoms with van der Waals surface area (Å²) in [6.07, 6.45) is 3.94. The van der Waals surface area contributed by atoms with Gasteiger partial charge in [0.2, 0.25) is 11.9 Å². The van der Waals surface area contributed by atoms with E-state index in [1.165, 1.54) is 25.8 Å². The van der Waals surface area contributed by atoms with E-state index in [9.17, 15) is 0 Å². The van der Waals surface area contributed by atoms with E-state index >= 15 is 0 Å². The lowest BCUT2D eigenvalue weighted by Crippen LogP contribution is -2.55. The number of ether oxygens (including phenoxy) is 1. The third kappa shape index (κ3) is 2.63. The molecular weight excluding hydrogens is 256 g/mol. The van der Waals surface area contributed by atoms with Crippen molar-refractivity contribution in [3.05, 3.63) is 0 Å². The van der Waals surface area contributed by atoms with Gasteiger partial charge in [-0.2, -0.15) is 15.0 Å². The molecule has 0 saturated carbocycles. The van der Waals surface area contributed by atoms with Crippen molar-refractivity contribution >= 4 is 11.9 Å². The second kappa shape index (κ2) is 5.78. The molecule has 2 aliphatic rings. The van der Waals surface area contributed by atoms with Crippen LogP contribution in [0.5, 0.6) is 6.01 Å². The zero-order valence-corrected chi connectivity index (χ0v) is 12.2. The first-order valence-electron chi connectivity index (χ1n) is 7.27. The Hall–Kier alpha value is -1.63. The van der Waals surface area contributed by atoms with Crippen molar-refractivity contribution in [2.45, 2.75) is 25.3 Å². The Bertz CT molecular complexity index is 446. The topological polar surface area (TPSA) is 66.4 Å². The predicted octanol–water partition coefficient (Wildman–Crippen LogP) is 0.596. The lowest BCUT2D eigenvalue weighted by atomic mass is 10.00. The van der Waals surface area contributed by atoms with E-state index in [0.29, 0.717) is 23.9 Å². The molecular formula is C13H22N6O. The van der Waals surface area contributed by atoms with E-state index in [1.807, 2.05) is 0 Å². The summed E-state index contributed by atoms with van der Waals surface area (Å²) in [5.41, 5.74) is 0. The van der Waals surface area contributed by atoms with Crippen LogP contribution >= 0.6 is 0 Å². The van der Waals surface area contributed by atoms with Crippen LogP contribution in [-0.2, 0) is 0 Å². The van der Waals surface area contributed by atoms with E-state index in [0.717, 1.165) is 19.6 Å². The van der Waals surface area contributed by atoms with Crippen molar-refractivity contribution in [2.24, 2.45) is 0 Å². The SMILES string of the molecule is CNc1nc(OC)nc(N2CCN3CCCCC3C2)n1. The molecule has 2 saturated heterocycles. The van der Waals surface area contributed by atoms with Gasteiger partial charge in [0.15, 0.2) is 0 Å². The standard InChI is InChI=1S/C13H22N6O/c1-14-11-15-12(17-13(16-11)20-2)19-8-7-18-6-4-3-5-10(18)9-19/h10H,3-9H2,1-2H3,(H,14,15,16,17). The van der Waals surface area contributed by atoms with Crippen LogP contribution in [0.25, 0.3) is 0 Å². The molecule has 110 valence electrons. The number of piperidine rings is 1. The third-order valence-corrected chi connectivity index (χ3v) is 4.13. The summed E-state index contributed by atoms with van der Waals surface area (Å²) in [6.45, 7) is 4.29. The van der Waals surface area contributed by atoms with Crippen LogP contribution in [0.2, 0.25) is 0 Å². The maximum absolute atomic E-state index is 5.16. The molecule has 1 aromatic heterocycles. The number of hydrogen-bond donors (Lipinski definition) is 1. The van der Waals surface area contributed by atoms with E-state index in [-0.39, 0.29) is 0 Å². The minimum absolute atomic E-state index is 0.366. The highest BCUT2D eigenvalue weighted by Gasteiger charge is 2.30. The first-order chi connectivity index (χ1) is 9.80. The Morgan fingerprint density at radius 3 is 2.85 bits per heavy atom. The molecule has 1 N–H and O–H groups in total. The van der Waals surface area contributed by atoms with E-state index < -0.39 is 0 Å². The lowest BCUT2D eigenvalue weighted by molar-refractivity contribution is 0.132. The molecule has 1 unspecified atom stereocenters. The zero-order valence-electron chi connectivity index (χ0n) is 12.2. The number of rotatable bonds is 3. The van der Waals surface area contributed by atoms with Crippen LogP contribution in [-0.4, -0.2) is 66.2 Å². The molecule has 7 nitrogen and oxygen atoms in total. The monoisotopic (exact) mass is 278 g/mol. The van der Waals surface area contributed by atoms with Gasteiger partial charge in [-0.25, -0.2) is 0 Å². The maximum atomic E-state index is 5.16. The smallest absolute Gasteiger partial charge is 0.322 e. The molecule has 0 radical (unpaired) electrons. The molecule has 3 rings (SSSR count). The van der Waals surface area contributed by atoms with Gasteiger partial charge < -0.3 is 15.0 Å². The van der Waals surface area contributed by atoms with Gasteiger partial charge in [0.1, 0.15) is 0 Å².